The number of nitrogens with one attached hydrogen (secondary N) is 2. The Bertz CT molecular complexity index is 191. The lowest BCUT2D eigenvalue weighted by Gasteiger charge is -2.28. The maximum atomic E-state index is 11.3. The molecule has 3 nitrogen and oxygen atoms in total. The Morgan fingerprint density at radius 2 is 2.00 bits per heavy atom. The molecule has 0 radical (unpaired) electrons. The second-order valence-electron chi connectivity index (χ2n) is 4.22. The van der Waals surface area contributed by atoms with Gasteiger partial charge in [-0.25, -0.2) is 4.79 Å². The van der Waals surface area contributed by atoms with Crippen molar-refractivity contribution in [2.24, 2.45) is 5.92 Å². The lowest BCUT2D eigenvalue weighted by atomic mass is 9.85. The van der Waals surface area contributed by atoms with Gasteiger partial charge in [-0.15, -0.1) is 11.6 Å². The molecule has 1 saturated carbocycles. The smallest absolute Gasteiger partial charge is 0.315 e. The number of hydrogen-bond donors (Lipinski definition) is 2. The zero-order valence-corrected chi connectivity index (χ0v) is 10.1. The quantitative estimate of drug-likeness (QED) is 0.719. The number of amides is 2. The van der Waals surface area contributed by atoms with E-state index < -0.39 is 0 Å². The summed E-state index contributed by atoms with van der Waals surface area (Å²) in [6.45, 7) is 2.78. The molecule has 15 heavy (non-hydrogen) atoms. The predicted molar refractivity (Wildman–Crippen MR) is 63.3 cm³/mol. The van der Waals surface area contributed by atoms with Crippen molar-refractivity contribution in [3.05, 3.63) is 0 Å². The molecule has 1 fully saturated rings. The van der Waals surface area contributed by atoms with Gasteiger partial charge in [0.2, 0.25) is 0 Å². The zero-order chi connectivity index (χ0) is 11.1. The first kappa shape index (κ1) is 12.6. The lowest BCUT2D eigenvalue weighted by molar-refractivity contribution is 0.227. The molecule has 1 rings (SSSR count). The van der Waals surface area contributed by atoms with Gasteiger partial charge in [0.15, 0.2) is 0 Å². The van der Waals surface area contributed by atoms with Crippen LogP contribution in [0.5, 0.6) is 0 Å². The third-order valence-electron chi connectivity index (χ3n) is 3.14. The van der Waals surface area contributed by atoms with Crippen molar-refractivity contribution in [3.8, 4) is 0 Å². The summed E-state index contributed by atoms with van der Waals surface area (Å²) in [6, 6.07) is 0.290. The van der Waals surface area contributed by atoms with Gasteiger partial charge in [-0.3, -0.25) is 0 Å². The largest absolute Gasteiger partial charge is 0.337 e. The Hall–Kier alpha value is -0.440. The molecule has 0 aromatic carbocycles. The Morgan fingerprint density at radius 1 is 1.33 bits per heavy atom. The second-order valence-corrected chi connectivity index (χ2v) is 4.59. The first-order chi connectivity index (χ1) is 7.26. The van der Waals surface area contributed by atoms with Crippen LogP contribution in [0.25, 0.3) is 0 Å². The van der Waals surface area contributed by atoms with E-state index in [-0.39, 0.29) is 6.03 Å². The molecular formula is C11H21ClN2O. The van der Waals surface area contributed by atoms with Crippen LogP contribution >= 0.6 is 11.6 Å². The van der Waals surface area contributed by atoms with Crippen molar-refractivity contribution in [3.63, 3.8) is 0 Å². The Kier molecular flexibility index (Phi) is 5.84. The normalized spacial score (nSPS) is 26.0. The lowest BCUT2D eigenvalue weighted by Crippen LogP contribution is -2.44. The number of carbonyl (C=O) groups excluding carboxylic acids is 1. The van der Waals surface area contributed by atoms with Crippen molar-refractivity contribution in [2.45, 2.75) is 45.1 Å². The molecule has 0 saturated heterocycles. The SMILES string of the molecule is CCC1CCC(NC(=O)NCCCl)CC1. The maximum Gasteiger partial charge on any atom is 0.315 e. The van der Waals surface area contributed by atoms with Crippen molar-refractivity contribution < 1.29 is 4.79 Å². The molecule has 0 spiro atoms. The van der Waals surface area contributed by atoms with E-state index in [2.05, 4.69) is 17.6 Å². The van der Waals surface area contributed by atoms with Gasteiger partial charge in [0.25, 0.3) is 0 Å². The summed E-state index contributed by atoms with van der Waals surface area (Å²) in [5.74, 6) is 1.34. The van der Waals surface area contributed by atoms with Crippen molar-refractivity contribution in [2.75, 3.05) is 12.4 Å². The fraction of sp³-hybridized carbons (Fsp3) is 0.909. The van der Waals surface area contributed by atoms with E-state index in [1.54, 1.807) is 0 Å². The fourth-order valence-electron chi connectivity index (χ4n) is 2.11. The monoisotopic (exact) mass is 232 g/mol. The first-order valence-corrected chi connectivity index (χ1v) is 6.40. The number of carbonyl (C=O) groups is 1. The summed E-state index contributed by atoms with van der Waals surface area (Å²) < 4.78 is 0. The van der Waals surface area contributed by atoms with Crippen LogP contribution in [0.2, 0.25) is 0 Å². The molecule has 0 unspecified atom stereocenters. The maximum absolute atomic E-state index is 11.3. The number of alkyl halides is 1. The third kappa shape index (κ3) is 4.74. The van der Waals surface area contributed by atoms with Crippen LogP contribution in [-0.2, 0) is 0 Å². The Morgan fingerprint density at radius 3 is 2.53 bits per heavy atom. The van der Waals surface area contributed by atoms with E-state index in [9.17, 15) is 4.79 Å². The van der Waals surface area contributed by atoms with Crippen LogP contribution in [0.1, 0.15) is 39.0 Å². The molecule has 2 amide bonds. The summed E-state index contributed by atoms with van der Waals surface area (Å²) in [5, 5.41) is 5.71. The summed E-state index contributed by atoms with van der Waals surface area (Å²) in [7, 11) is 0. The van der Waals surface area contributed by atoms with Crippen LogP contribution < -0.4 is 10.6 Å². The van der Waals surface area contributed by atoms with Crippen LogP contribution in [0.3, 0.4) is 0 Å². The average molecular weight is 233 g/mol. The number of hydrogen-bond acceptors (Lipinski definition) is 1. The molecule has 0 atom stereocenters. The molecular weight excluding hydrogens is 212 g/mol. The minimum absolute atomic E-state index is 0.0735. The fourth-order valence-corrected chi connectivity index (χ4v) is 2.21. The zero-order valence-electron chi connectivity index (χ0n) is 9.39. The predicted octanol–water partition coefficient (Wildman–Crippen LogP) is 2.49. The summed E-state index contributed by atoms with van der Waals surface area (Å²) in [6.07, 6.45) is 6.00. The topological polar surface area (TPSA) is 41.1 Å². The highest BCUT2D eigenvalue weighted by Gasteiger charge is 2.20. The van der Waals surface area contributed by atoms with Gasteiger partial charge >= 0.3 is 6.03 Å². The summed E-state index contributed by atoms with van der Waals surface area (Å²) in [5.41, 5.74) is 0. The Labute approximate surface area is 96.9 Å². The van der Waals surface area contributed by atoms with Crippen molar-refractivity contribution in [1.29, 1.82) is 0 Å². The van der Waals surface area contributed by atoms with Crippen LogP contribution in [0, 0.1) is 5.92 Å². The molecule has 4 heteroatoms. The van der Waals surface area contributed by atoms with E-state index in [0.717, 1.165) is 18.8 Å². The van der Waals surface area contributed by atoms with Crippen LogP contribution in [-0.4, -0.2) is 24.5 Å². The first-order valence-electron chi connectivity index (χ1n) is 5.86. The molecule has 0 aromatic rings. The average Bonchev–Trinajstić information content (AvgIpc) is 2.27. The van der Waals surface area contributed by atoms with Crippen molar-refractivity contribution >= 4 is 17.6 Å². The second kappa shape index (κ2) is 6.94. The minimum Gasteiger partial charge on any atom is -0.337 e. The third-order valence-corrected chi connectivity index (χ3v) is 3.33. The van der Waals surface area contributed by atoms with E-state index >= 15 is 0 Å². The highest BCUT2D eigenvalue weighted by atomic mass is 35.5. The molecule has 1 aliphatic rings. The van der Waals surface area contributed by atoms with Gasteiger partial charge in [-0.2, -0.15) is 0 Å². The van der Waals surface area contributed by atoms with Crippen molar-refractivity contribution in [1.82, 2.24) is 10.6 Å². The molecule has 88 valence electrons. The molecule has 1 aliphatic carbocycles. The van der Waals surface area contributed by atoms with Gasteiger partial charge in [-0.05, 0) is 31.6 Å². The van der Waals surface area contributed by atoms with E-state index in [0.29, 0.717) is 18.5 Å². The van der Waals surface area contributed by atoms with Crippen LogP contribution in [0.15, 0.2) is 0 Å². The van der Waals surface area contributed by atoms with Gasteiger partial charge in [0.05, 0.1) is 0 Å². The van der Waals surface area contributed by atoms with E-state index in [1.165, 1.54) is 19.3 Å². The number of rotatable bonds is 4. The van der Waals surface area contributed by atoms with Gasteiger partial charge in [0, 0.05) is 18.5 Å². The molecule has 2 N–H and O–H groups in total. The van der Waals surface area contributed by atoms with Crippen LogP contribution in [0.4, 0.5) is 4.79 Å². The highest BCUT2D eigenvalue weighted by Crippen LogP contribution is 2.26. The minimum atomic E-state index is -0.0735. The molecule has 0 heterocycles. The van der Waals surface area contributed by atoms with E-state index in [1.807, 2.05) is 0 Å². The molecule has 0 bridgehead atoms. The number of urea groups is 1. The molecule has 0 aliphatic heterocycles. The number of halogens is 1. The molecule has 0 aromatic heterocycles. The summed E-state index contributed by atoms with van der Waals surface area (Å²) >= 11 is 5.48. The highest BCUT2D eigenvalue weighted by molar-refractivity contribution is 6.18. The van der Waals surface area contributed by atoms with Gasteiger partial charge in [0.1, 0.15) is 0 Å². The standard InChI is InChI=1S/C11H21ClN2O/c1-2-9-3-5-10(6-4-9)14-11(15)13-8-7-12/h9-10H,2-8H2,1H3,(H2,13,14,15). The Balaban J connectivity index is 2.15. The summed E-state index contributed by atoms with van der Waals surface area (Å²) in [4.78, 5) is 11.3. The van der Waals surface area contributed by atoms with E-state index in [4.69, 9.17) is 11.6 Å². The van der Waals surface area contributed by atoms with Gasteiger partial charge < -0.3 is 10.6 Å². The van der Waals surface area contributed by atoms with Gasteiger partial charge in [-0.1, -0.05) is 13.3 Å².